The van der Waals surface area contributed by atoms with E-state index >= 15 is 0 Å². The van der Waals surface area contributed by atoms with E-state index in [4.69, 9.17) is 0 Å². The summed E-state index contributed by atoms with van der Waals surface area (Å²) in [4.78, 5) is 2.01. The number of hydrogen-bond acceptors (Lipinski definition) is 3. The van der Waals surface area contributed by atoms with Crippen molar-refractivity contribution in [2.24, 2.45) is 0 Å². The van der Waals surface area contributed by atoms with Crippen LogP contribution in [0.25, 0.3) is 0 Å². The quantitative estimate of drug-likeness (QED) is 0.739. The second kappa shape index (κ2) is 3.46. The van der Waals surface area contributed by atoms with Gasteiger partial charge >= 0.3 is 87.1 Å². The Morgan fingerprint density at radius 3 is 2.93 bits per heavy atom. The summed E-state index contributed by atoms with van der Waals surface area (Å²) in [7, 11) is 1.95. The first-order valence-corrected chi connectivity index (χ1v) is 7.28. The first-order valence-electron chi connectivity index (χ1n) is 4.51. The Labute approximate surface area is 87.4 Å². The van der Waals surface area contributed by atoms with Crippen LogP contribution in [-0.4, -0.2) is 31.4 Å². The van der Waals surface area contributed by atoms with Gasteiger partial charge in [-0.05, 0) is 0 Å². The van der Waals surface area contributed by atoms with Crippen molar-refractivity contribution >= 4 is 24.0 Å². The van der Waals surface area contributed by atoms with E-state index in [0.29, 0.717) is 5.44 Å². The van der Waals surface area contributed by atoms with E-state index in [1.54, 1.807) is 6.92 Å². The molecule has 1 aliphatic rings. The van der Waals surface area contributed by atoms with Gasteiger partial charge in [0, 0.05) is 0 Å². The van der Waals surface area contributed by atoms with E-state index in [-0.39, 0.29) is 0 Å². The predicted octanol–water partition coefficient (Wildman–Crippen LogP) is 0.358. The number of aliphatic hydroxyl groups excluding tert-OH is 1. The molecule has 0 spiro atoms. The SMILES string of the molecule is CC(O)c1ccc2c(c1)[Se](=O)CN2C. The third-order valence-corrected chi connectivity index (χ3v) is 5.45. The second-order valence-electron chi connectivity index (χ2n) is 3.58. The Balaban J connectivity index is 2.50. The molecule has 2 rings (SSSR count). The van der Waals surface area contributed by atoms with E-state index in [1.165, 1.54) is 0 Å². The summed E-state index contributed by atoms with van der Waals surface area (Å²) >= 11 is -1.88. The molecule has 1 aliphatic heterocycles. The van der Waals surface area contributed by atoms with Crippen LogP contribution in [0.3, 0.4) is 0 Å². The maximum atomic E-state index is 11.7. The molecule has 0 bridgehead atoms. The van der Waals surface area contributed by atoms with Crippen LogP contribution in [0.5, 0.6) is 0 Å². The average Bonchev–Trinajstić information content (AvgIpc) is 2.42. The molecule has 2 atom stereocenters. The molecule has 0 saturated carbocycles. The number of rotatable bonds is 1. The fraction of sp³-hybridized carbons (Fsp3) is 0.400. The molecule has 0 fully saturated rings. The van der Waals surface area contributed by atoms with Crippen LogP contribution >= 0.6 is 0 Å². The van der Waals surface area contributed by atoms with Crippen molar-refractivity contribution < 1.29 is 8.94 Å². The number of nitrogens with zero attached hydrogens (tertiary/aromatic N) is 1. The van der Waals surface area contributed by atoms with Gasteiger partial charge in [-0.1, -0.05) is 0 Å². The van der Waals surface area contributed by atoms with Crippen LogP contribution in [0, 0.1) is 0 Å². The zero-order valence-corrected chi connectivity index (χ0v) is 9.94. The summed E-state index contributed by atoms with van der Waals surface area (Å²) in [6.07, 6.45) is -0.481. The van der Waals surface area contributed by atoms with Crippen molar-refractivity contribution in [1.82, 2.24) is 0 Å². The van der Waals surface area contributed by atoms with E-state index in [0.717, 1.165) is 15.7 Å². The molecule has 14 heavy (non-hydrogen) atoms. The molecule has 0 saturated heterocycles. The van der Waals surface area contributed by atoms with Crippen LogP contribution in [0.1, 0.15) is 18.6 Å². The first-order chi connectivity index (χ1) is 6.59. The molecule has 0 amide bonds. The van der Waals surface area contributed by atoms with Crippen LogP contribution in [0.2, 0.25) is 0 Å². The van der Waals surface area contributed by atoms with Crippen molar-refractivity contribution in [2.75, 3.05) is 17.4 Å². The van der Waals surface area contributed by atoms with E-state index in [1.807, 2.05) is 30.1 Å². The zero-order chi connectivity index (χ0) is 10.3. The number of aliphatic hydroxyl groups is 1. The summed E-state index contributed by atoms with van der Waals surface area (Å²) < 4.78 is 12.7. The van der Waals surface area contributed by atoms with Gasteiger partial charge in [0.15, 0.2) is 0 Å². The summed E-state index contributed by atoms with van der Waals surface area (Å²) in [6.45, 7) is 1.72. The Bertz CT molecular complexity index is 390. The van der Waals surface area contributed by atoms with Crippen molar-refractivity contribution in [3.05, 3.63) is 23.8 Å². The predicted molar refractivity (Wildman–Crippen MR) is 56.4 cm³/mol. The number of anilines is 1. The van der Waals surface area contributed by atoms with Crippen LogP contribution in [0.15, 0.2) is 18.2 Å². The Morgan fingerprint density at radius 1 is 1.57 bits per heavy atom. The molecule has 1 aromatic rings. The summed E-state index contributed by atoms with van der Waals surface area (Å²) in [5, 5.41) is 9.41. The maximum absolute atomic E-state index is 11.7. The summed E-state index contributed by atoms with van der Waals surface area (Å²) in [5.41, 5.74) is 2.55. The van der Waals surface area contributed by atoms with Crippen LogP contribution in [0.4, 0.5) is 5.69 Å². The summed E-state index contributed by atoms with van der Waals surface area (Å²) in [5.74, 6) is 0. The molecule has 4 heteroatoms. The molecule has 3 nitrogen and oxygen atoms in total. The number of hydrogen-bond donors (Lipinski definition) is 1. The Morgan fingerprint density at radius 2 is 2.29 bits per heavy atom. The molecule has 0 radical (unpaired) electrons. The topological polar surface area (TPSA) is 40.5 Å². The van der Waals surface area contributed by atoms with Crippen molar-refractivity contribution in [3.63, 3.8) is 0 Å². The van der Waals surface area contributed by atoms with Gasteiger partial charge in [0.1, 0.15) is 0 Å². The van der Waals surface area contributed by atoms with Crippen LogP contribution < -0.4 is 9.36 Å². The van der Waals surface area contributed by atoms with Crippen LogP contribution in [-0.2, 0) is 3.83 Å². The van der Waals surface area contributed by atoms with Gasteiger partial charge in [0.25, 0.3) is 0 Å². The van der Waals surface area contributed by atoms with Gasteiger partial charge in [-0.3, -0.25) is 0 Å². The third-order valence-electron chi connectivity index (χ3n) is 2.43. The van der Waals surface area contributed by atoms with Gasteiger partial charge in [0.2, 0.25) is 0 Å². The van der Waals surface area contributed by atoms with Gasteiger partial charge < -0.3 is 0 Å². The minimum absolute atomic E-state index is 0.481. The van der Waals surface area contributed by atoms with E-state index in [9.17, 15) is 8.94 Å². The van der Waals surface area contributed by atoms with Crippen molar-refractivity contribution in [2.45, 2.75) is 13.0 Å². The molecular formula is C10H13NO2Se. The molecule has 1 aromatic carbocycles. The fourth-order valence-corrected chi connectivity index (χ4v) is 4.45. The Hall–Kier alpha value is -0.701. The molecule has 76 valence electrons. The summed E-state index contributed by atoms with van der Waals surface area (Å²) in [6, 6.07) is 5.71. The standard InChI is InChI=1S/C10H13NO2Se/c1-7(12)8-3-4-9-10(5-8)14(13)6-11(9)2/h3-5,7,12H,6H2,1-2H3. The van der Waals surface area contributed by atoms with Gasteiger partial charge in [-0.15, -0.1) is 0 Å². The molecule has 0 aliphatic carbocycles. The monoisotopic (exact) mass is 259 g/mol. The first kappa shape index (κ1) is 9.84. The molecular weight excluding hydrogens is 245 g/mol. The number of benzene rings is 1. The van der Waals surface area contributed by atoms with Crippen molar-refractivity contribution in [1.29, 1.82) is 0 Å². The van der Waals surface area contributed by atoms with Gasteiger partial charge in [-0.2, -0.15) is 0 Å². The zero-order valence-electron chi connectivity index (χ0n) is 8.23. The molecule has 1 heterocycles. The average molecular weight is 258 g/mol. The van der Waals surface area contributed by atoms with Gasteiger partial charge in [0.05, 0.1) is 0 Å². The van der Waals surface area contributed by atoms with Crippen molar-refractivity contribution in [3.8, 4) is 0 Å². The van der Waals surface area contributed by atoms with E-state index < -0.39 is 19.9 Å². The minimum atomic E-state index is -1.88. The fourth-order valence-electron chi connectivity index (χ4n) is 1.60. The third kappa shape index (κ3) is 1.50. The number of fused-ring (bicyclic) bond motifs is 1. The molecule has 1 N–H and O–H groups in total. The molecule has 0 aromatic heterocycles. The van der Waals surface area contributed by atoms with E-state index in [2.05, 4.69) is 0 Å². The second-order valence-corrected chi connectivity index (χ2v) is 6.49. The Kier molecular flexibility index (Phi) is 2.43. The van der Waals surface area contributed by atoms with Gasteiger partial charge in [-0.25, -0.2) is 0 Å². The normalized spacial score (nSPS) is 22.2. The molecule has 2 unspecified atom stereocenters.